The molecule has 16 heavy (non-hydrogen) atoms. The van der Waals surface area contributed by atoms with Crippen LogP contribution in [0.1, 0.15) is 42.5 Å². The highest BCUT2D eigenvalue weighted by Crippen LogP contribution is 2.21. The number of esters is 1. The molecule has 0 atom stereocenters. The van der Waals surface area contributed by atoms with Gasteiger partial charge in [0.15, 0.2) is 0 Å². The number of ether oxygens (including phenoxy) is 1. The molecular formula is C13H15FO2. The van der Waals surface area contributed by atoms with E-state index in [2.05, 4.69) is 0 Å². The van der Waals surface area contributed by atoms with Gasteiger partial charge in [-0.05, 0) is 43.9 Å². The molecule has 2 rings (SSSR count). The van der Waals surface area contributed by atoms with Crippen LogP contribution in [0.2, 0.25) is 0 Å². The summed E-state index contributed by atoms with van der Waals surface area (Å²) in [5.41, 5.74) is 0.297. The molecule has 1 aromatic carbocycles. The molecule has 0 aliphatic heterocycles. The highest BCUT2D eigenvalue weighted by molar-refractivity contribution is 5.89. The van der Waals surface area contributed by atoms with Crippen LogP contribution >= 0.6 is 0 Å². The average Bonchev–Trinajstić information content (AvgIpc) is 2.30. The molecular weight excluding hydrogens is 207 g/mol. The van der Waals surface area contributed by atoms with Gasteiger partial charge in [-0.1, -0.05) is 12.5 Å². The molecule has 0 bridgehead atoms. The van der Waals surface area contributed by atoms with Crippen molar-refractivity contribution < 1.29 is 13.9 Å². The molecule has 0 N–H and O–H groups in total. The van der Waals surface area contributed by atoms with Crippen LogP contribution in [0.3, 0.4) is 0 Å². The van der Waals surface area contributed by atoms with Gasteiger partial charge in [0.25, 0.3) is 0 Å². The summed E-state index contributed by atoms with van der Waals surface area (Å²) in [6, 6.07) is 5.63. The maximum absolute atomic E-state index is 12.9. The monoisotopic (exact) mass is 222 g/mol. The summed E-state index contributed by atoms with van der Waals surface area (Å²) in [6.45, 7) is 0. The quantitative estimate of drug-likeness (QED) is 0.717. The van der Waals surface area contributed by atoms with Gasteiger partial charge in [0.05, 0.1) is 5.56 Å². The van der Waals surface area contributed by atoms with E-state index in [1.54, 1.807) is 6.07 Å². The number of hydrogen-bond acceptors (Lipinski definition) is 2. The molecule has 0 amide bonds. The fraction of sp³-hybridized carbons (Fsp3) is 0.462. The van der Waals surface area contributed by atoms with Gasteiger partial charge in [-0.3, -0.25) is 0 Å². The van der Waals surface area contributed by atoms with Crippen molar-refractivity contribution in [2.24, 2.45) is 0 Å². The van der Waals surface area contributed by atoms with Crippen LogP contribution in [0.25, 0.3) is 0 Å². The zero-order chi connectivity index (χ0) is 11.4. The van der Waals surface area contributed by atoms with E-state index >= 15 is 0 Å². The molecule has 1 saturated carbocycles. The van der Waals surface area contributed by atoms with E-state index < -0.39 is 11.8 Å². The van der Waals surface area contributed by atoms with Gasteiger partial charge in [0.2, 0.25) is 0 Å². The lowest BCUT2D eigenvalue weighted by Gasteiger charge is -2.21. The van der Waals surface area contributed by atoms with Gasteiger partial charge in [-0.2, -0.15) is 0 Å². The summed E-state index contributed by atoms with van der Waals surface area (Å²) in [6.07, 6.45) is 5.32. The molecule has 0 heterocycles. The summed E-state index contributed by atoms with van der Waals surface area (Å²) in [5.74, 6) is -0.815. The maximum Gasteiger partial charge on any atom is 0.338 e. The Bertz CT molecular complexity index is 370. The highest BCUT2D eigenvalue weighted by Gasteiger charge is 2.18. The van der Waals surface area contributed by atoms with Crippen LogP contribution in [0.15, 0.2) is 24.3 Å². The van der Waals surface area contributed by atoms with Crippen LogP contribution < -0.4 is 0 Å². The largest absolute Gasteiger partial charge is 0.459 e. The molecule has 3 heteroatoms. The molecule has 1 fully saturated rings. The smallest absolute Gasteiger partial charge is 0.338 e. The fourth-order valence-electron chi connectivity index (χ4n) is 2.02. The van der Waals surface area contributed by atoms with Crippen molar-refractivity contribution in [1.82, 2.24) is 0 Å². The maximum atomic E-state index is 12.9. The zero-order valence-electron chi connectivity index (χ0n) is 9.12. The van der Waals surface area contributed by atoms with Gasteiger partial charge in [-0.15, -0.1) is 0 Å². The SMILES string of the molecule is O=C(OC1CCCCC1)c1cccc(F)c1. The Morgan fingerprint density at radius 3 is 2.69 bits per heavy atom. The van der Waals surface area contributed by atoms with Crippen molar-refractivity contribution in [3.05, 3.63) is 35.6 Å². The molecule has 0 radical (unpaired) electrons. The third kappa shape index (κ3) is 2.81. The van der Waals surface area contributed by atoms with Crippen molar-refractivity contribution in [2.75, 3.05) is 0 Å². The van der Waals surface area contributed by atoms with Crippen molar-refractivity contribution in [3.63, 3.8) is 0 Å². The zero-order valence-corrected chi connectivity index (χ0v) is 9.12. The summed E-state index contributed by atoms with van der Waals surface area (Å²) in [5, 5.41) is 0. The number of carbonyl (C=O) groups excluding carboxylic acids is 1. The second-order valence-corrected chi connectivity index (χ2v) is 4.18. The molecule has 2 nitrogen and oxygen atoms in total. The molecule has 1 aliphatic rings. The topological polar surface area (TPSA) is 26.3 Å². The van der Waals surface area contributed by atoms with Crippen molar-refractivity contribution in [2.45, 2.75) is 38.2 Å². The summed E-state index contributed by atoms with van der Waals surface area (Å²) < 4.78 is 18.2. The molecule has 1 aromatic rings. The number of hydrogen-bond donors (Lipinski definition) is 0. The Balaban J connectivity index is 1.97. The fourth-order valence-corrected chi connectivity index (χ4v) is 2.02. The van der Waals surface area contributed by atoms with Crippen molar-refractivity contribution in [1.29, 1.82) is 0 Å². The highest BCUT2D eigenvalue weighted by atomic mass is 19.1. The Hall–Kier alpha value is -1.38. The summed E-state index contributed by atoms with van der Waals surface area (Å²) >= 11 is 0. The van der Waals surface area contributed by atoms with E-state index in [1.807, 2.05) is 0 Å². The van der Waals surface area contributed by atoms with E-state index in [0.717, 1.165) is 25.7 Å². The second kappa shape index (κ2) is 5.10. The molecule has 0 saturated heterocycles. The Morgan fingerprint density at radius 1 is 1.25 bits per heavy atom. The van der Waals surface area contributed by atoms with Gasteiger partial charge in [-0.25, -0.2) is 9.18 Å². The average molecular weight is 222 g/mol. The predicted molar refractivity (Wildman–Crippen MR) is 58.7 cm³/mol. The third-order valence-corrected chi connectivity index (χ3v) is 2.89. The summed E-state index contributed by atoms with van der Waals surface area (Å²) in [7, 11) is 0. The van der Waals surface area contributed by atoms with Crippen LogP contribution in [0.4, 0.5) is 4.39 Å². The summed E-state index contributed by atoms with van der Waals surface area (Å²) in [4.78, 5) is 11.7. The lowest BCUT2D eigenvalue weighted by atomic mass is 9.98. The number of rotatable bonds is 2. The standard InChI is InChI=1S/C13H15FO2/c14-11-6-4-5-10(9-11)13(15)16-12-7-2-1-3-8-12/h4-6,9,12H,1-3,7-8H2. The third-order valence-electron chi connectivity index (χ3n) is 2.89. The minimum atomic E-state index is -0.411. The number of halogens is 1. The van der Waals surface area contributed by atoms with Gasteiger partial charge in [0, 0.05) is 0 Å². The van der Waals surface area contributed by atoms with Gasteiger partial charge >= 0.3 is 5.97 Å². The van der Waals surface area contributed by atoms with E-state index in [4.69, 9.17) is 4.74 Å². The number of benzene rings is 1. The van der Waals surface area contributed by atoms with Crippen molar-refractivity contribution >= 4 is 5.97 Å². The lowest BCUT2D eigenvalue weighted by Crippen LogP contribution is -2.20. The lowest BCUT2D eigenvalue weighted by molar-refractivity contribution is 0.0210. The van der Waals surface area contributed by atoms with Crippen molar-refractivity contribution in [3.8, 4) is 0 Å². The van der Waals surface area contributed by atoms with Crippen LogP contribution in [-0.4, -0.2) is 12.1 Å². The Kier molecular flexibility index (Phi) is 3.54. The minimum absolute atomic E-state index is 0.0181. The second-order valence-electron chi connectivity index (χ2n) is 4.18. The first-order valence-corrected chi connectivity index (χ1v) is 5.72. The van der Waals surface area contributed by atoms with Crippen LogP contribution in [-0.2, 0) is 4.74 Å². The Morgan fingerprint density at radius 2 is 2.00 bits per heavy atom. The van der Waals surface area contributed by atoms with Crippen LogP contribution in [0, 0.1) is 5.82 Å². The molecule has 1 aliphatic carbocycles. The Labute approximate surface area is 94.4 Å². The van der Waals surface area contributed by atoms with Crippen LogP contribution in [0.5, 0.6) is 0 Å². The molecule has 86 valence electrons. The minimum Gasteiger partial charge on any atom is -0.459 e. The number of carbonyl (C=O) groups is 1. The first-order valence-electron chi connectivity index (χ1n) is 5.72. The molecule has 0 spiro atoms. The van der Waals surface area contributed by atoms with E-state index in [9.17, 15) is 9.18 Å². The first-order chi connectivity index (χ1) is 7.75. The molecule has 0 aromatic heterocycles. The van der Waals surface area contributed by atoms with E-state index in [-0.39, 0.29) is 6.10 Å². The van der Waals surface area contributed by atoms with E-state index in [1.165, 1.54) is 24.6 Å². The predicted octanol–water partition coefficient (Wildman–Crippen LogP) is 3.32. The van der Waals surface area contributed by atoms with Gasteiger partial charge < -0.3 is 4.74 Å². The van der Waals surface area contributed by atoms with E-state index in [0.29, 0.717) is 5.56 Å². The molecule has 0 unspecified atom stereocenters. The first kappa shape index (κ1) is 11.1. The normalized spacial score (nSPS) is 17.1. The van der Waals surface area contributed by atoms with Gasteiger partial charge in [0.1, 0.15) is 11.9 Å².